The summed E-state index contributed by atoms with van der Waals surface area (Å²) in [5, 5.41) is 0. The molecule has 0 aromatic rings. The first-order valence-electron chi connectivity index (χ1n) is 4.54. The van der Waals surface area contributed by atoms with Crippen molar-refractivity contribution in [3.05, 3.63) is 47.5 Å². The average Bonchev–Trinajstić information content (AvgIpc) is 2.71. The van der Waals surface area contributed by atoms with E-state index in [9.17, 15) is 4.79 Å². The van der Waals surface area contributed by atoms with Crippen LogP contribution in [0.3, 0.4) is 0 Å². The van der Waals surface area contributed by atoms with Crippen LogP contribution in [0.2, 0.25) is 0 Å². The number of rotatable bonds is 0. The first kappa shape index (κ1) is 7.56. The lowest BCUT2D eigenvalue weighted by molar-refractivity contribution is 0.0535. The fourth-order valence-electron chi connectivity index (χ4n) is 1.91. The molecule has 0 spiro atoms. The molecule has 0 atom stereocenters. The van der Waals surface area contributed by atoms with Crippen molar-refractivity contribution < 1.29 is 9.53 Å². The summed E-state index contributed by atoms with van der Waals surface area (Å²) in [6.45, 7) is 0.406. The lowest BCUT2D eigenvalue weighted by Crippen LogP contribution is -1.94. The van der Waals surface area contributed by atoms with E-state index in [1.54, 1.807) is 0 Å². The Balaban J connectivity index is 2.42. The van der Waals surface area contributed by atoms with E-state index in [1.807, 2.05) is 36.4 Å². The molecule has 0 bridgehead atoms. The van der Waals surface area contributed by atoms with Crippen LogP contribution in [0, 0.1) is 0 Å². The minimum Gasteiger partial charge on any atom is -0.457 e. The number of hydrogen-bond acceptors (Lipinski definition) is 2. The van der Waals surface area contributed by atoms with Crippen LogP contribution < -0.4 is 0 Å². The number of esters is 1. The van der Waals surface area contributed by atoms with Crippen LogP contribution in [0.15, 0.2) is 36.4 Å². The third-order valence-electron chi connectivity index (χ3n) is 2.58. The van der Waals surface area contributed by atoms with Crippen LogP contribution in [0.25, 0.3) is 11.1 Å². The SMILES string of the molecule is O=C1OCc2cccc3cccc-3c21. The van der Waals surface area contributed by atoms with E-state index >= 15 is 0 Å². The Bertz CT molecular complexity index is 488. The zero-order valence-corrected chi connectivity index (χ0v) is 7.49. The van der Waals surface area contributed by atoms with Gasteiger partial charge in [-0.1, -0.05) is 36.4 Å². The average molecular weight is 184 g/mol. The maximum atomic E-state index is 11.5. The number of ether oxygens (including phenoxy) is 1. The van der Waals surface area contributed by atoms with Crippen LogP contribution in [-0.2, 0) is 11.3 Å². The van der Waals surface area contributed by atoms with Gasteiger partial charge in [0.25, 0.3) is 0 Å². The molecule has 1 aliphatic heterocycles. The molecule has 0 unspecified atom stereocenters. The van der Waals surface area contributed by atoms with E-state index in [0.29, 0.717) is 6.61 Å². The second kappa shape index (κ2) is 2.58. The van der Waals surface area contributed by atoms with Crippen molar-refractivity contribution in [2.45, 2.75) is 6.61 Å². The molecule has 0 aromatic heterocycles. The molecule has 0 aromatic carbocycles. The fourth-order valence-corrected chi connectivity index (χ4v) is 1.91. The molecule has 0 saturated carbocycles. The van der Waals surface area contributed by atoms with Crippen LogP contribution in [0.5, 0.6) is 0 Å². The summed E-state index contributed by atoms with van der Waals surface area (Å²) in [6, 6.07) is 11.8. The molecule has 0 fully saturated rings. The molecule has 14 heavy (non-hydrogen) atoms. The van der Waals surface area contributed by atoms with Crippen molar-refractivity contribution >= 4 is 5.97 Å². The third kappa shape index (κ3) is 0.880. The van der Waals surface area contributed by atoms with Gasteiger partial charge in [-0.15, -0.1) is 0 Å². The van der Waals surface area contributed by atoms with Crippen molar-refractivity contribution in [2.24, 2.45) is 0 Å². The van der Waals surface area contributed by atoms with Gasteiger partial charge in [0.1, 0.15) is 6.61 Å². The van der Waals surface area contributed by atoms with Gasteiger partial charge < -0.3 is 4.74 Å². The quantitative estimate of drug-likeness (QED) is 0.588. The van der Waals surface area contributed by atoms with Gasteiger partial charge in [-0.05, 0) is 11.1 Å². The molecule has 0 saturated heterocycles. The predicted octanol–water partition coefficient (Wildman–Crippen LogP) is 2.46. The van der Waals surface area contributed by atoms with Gasteiger partial charge >= 0.3 is 5.97 Å². The van der Waals surface area contributed by atoms with Gasteiger partial charge in [-0.3, -0.25) is 0 Å². The minimum atomic E-state index is -0.201. The normalized spacial score (nSPS) is 14.1. The topological polar surface area (TPSA) is 26.3 Å². The van der Waals surface area contributed by atoms with Gasteiger partial charge in [-0.2, -0.15) is 0 Å². The highest BCUT2D eigenvalue weighted by atomic mass is 16.5. The standard InChI is InChI=1S/C12H8O2/c13-12-11-9(7-14-12)5-1-3-8-4-2-6-10(8)11/h1-6H,7H2. The maximum absolute atomic E-state index is 11.5. The van der Waals surface area contributed by atoms with Gasteiger partial charge in [0, 0.05) is 5.56 Å². The number of carbonyl (C=O) groups is 1. The lowest BCUT2D eigenvalue weighted by atomic mass is 10.1. The van der Waals surface area contributed by atoms with E-state index in [-0.39, 0.29) is 5.97 Å². The van der Waals surface area contributed by atoms with Gasteiger partial charge in [0.15, 0.2) is 0 Å². The monoisotopic (exact) mass is 184 g/mol. The van der Waals surface area contributed by atoms with Gasteiger partial charge in [0.2, 0.25) is 0 Å². The van der Waals surface area contributed by atoms with E-state index in [0.717, 1.165) is 22.3 Å². The van der Waals surface area contributed by atoms with Crippen LogP contribution in [-0.4, -0.2) is 5.97 Å². The summed E-state index contributed by atoms with van der Waals surface area (Å²) in [6.07, 6.45) is 0. The summed E-state index contributed by atoms with van der Waals surface area (Å²) in [7, 11) is 0. The molecule has 3 aliphatic rings. The molecule has 0 radical (unpaired) electrons. The van der Waals surface area contributed by atoms with Gasteiger partial charge in [-0.25, -0.2) is 4.79 Å². The Hall–Kier alpha value is -1.83. The van der Waals surface area contributed by atoms with Crippen molar-refractivity contribution in [1.82, 2.24) is 0 Å². The Kier molecular flexibility index (Phi) is 1.39. The summed E-state index contributed by atoms with van der Waals surface area (Å²) < 4.78 is 5.00. The Morgan fingerprint density at radius 3 is 2.71 bits per heavy atom. The molecule has 3 rings (SSSR count). The fraction of sp³-hybridized carbons (Fsp3) is 0.0833. The number of hydrogen-bond donors (Lipinski definition) is 0. The highest BCUT2D eigenvalue weighted by Gasteiger charge is 2.24. The summed E-state index contributed by atoms with van der Waals surface area (Å²) >= 11 is 0. The van der Waals surface area contributed by atoms with E-state index < -0.39 is 0 Å². The van der Waals surface area contributed by atoms with Crippen LogP contribution in [0.4, 0.5) is 0 Å². The third-order valence-corrected chi connectivity index (χ3v) is 2.58. The van der Waals surface area contributed by atoms with E-state index in [2.05, 4.69) is 0 Å². The Morgan fingerprint density at radius 2 is 1.86 bits per heavy atom. The second-order valence-electron chi connectivity index (χ2n) is 3.40. The number of carbonyl (C=O) groups excluding carboxylic acids is 1. The molecular weight excluding hydrogens is 176 g/mol. The van der Waals surface area contributed by atoms with E-state index in [1.165, 1.54) is 0 Å². The van der Waals surface area contributed by atoms with Gasteiger partial charge in [0.05, 0.1) is 5.56 Å². The molecule has 0 N–H and O–H groups in total. The summed E-state index contributed by atoms with van der Waals surface area (Å²) in [4.78, 5) is 11.5. The first-order valence-corrected chi connectivity index (χ1v) is 4.54. The molecule has 2 aliphatic carbocycles. The lowest BCUT2D eigenvalue weighted by Gasteiger charge is -1.95. The smallest absolute Gasteiger partial charge is 0.339 e. The summed E-state index contributed by atoms with van der Waals surface area (Å²) in [5.74, 6) is -0.201. The van der Waals surface area contributed by atoms with Crippen molar-refractivity contribution in [1.29, 1.82) is 0 Å². The predicted molar refractivity (Wildman–Crippen MR) is 52.2 cm³/mol. The van der Waals surface area contributed by atoms with Crippen molar-refractivity contribution in [2.75, 3.05) is 0 Å². The molecule has 68 valence electrons. The second-order valence-corrected chi connectivity index (χ2v) is 3.40. The minimum absolute atomic E-state index is 0.201. The molecule has 2 nitrogen and oxygen atoms in total. The van der Waals surface area contributed by atoms with Crippen molar-refractivity contribution in [3.8, 4) is 11.1 Å². The molecule has 0 amide bonds. The van der Waals surface area contributed by atoms with Crippen LogP contribution >= 0.6 is 0 Å². The Labute approximate surface area is 81.5 Å². The molecular formula is C12H8O2. The first-order chi connectivity index (χ1) is 6.86. The highest BCUT2D eigenvalue weighted by molar-refractivity contribution is 6.00. The highest BCUT2D eigenvalue weighted by Crippen LogP contribution is 2.32. The number of fused-ring (bicyclic) bond motifs is 3. The van der Waals surface area contributed by atoms with Crippen molar-refractivity contribution in [3.63, 3.8) is 0 Å². The van der Waals surface area contributed by atoms with Crippen LogP contribution in [0.1, 0.15) is 15.9 Å². The molecule has 1 heterocycles. The number of cyclic esters (lactones) is 1. The largest absolute Gasteiger partial charge is 0.457 e. The maximum Gasteiger partial charge on any atom is 0.339 e. The molecule has 2 heteroatoms. The summed E-state index contributed by atoms with van der Waals surface area (Å²) in [5.41, 5.74) is 3.80. The zero-order chi connectivity index (χ0) is 9.54. The van der Waals surface area contributed by atoms with E-state index in [4.69, 9.17) is 4.74 Å². The Morgan fingerprint density at radius 1 is 1.07 bits per heavy atom. The zero-order valence-electron chi connectivity index (χ0n) is 7.49.